The minimum Gasteiger partial charge on any atom is -0.317 e. The SMILES string of the molecule is CNC(C)CCc1cnn(-c2ccccc2)c1. The van der Waals surface area contributed by atoms with E-state index in [1.165, 1.54) is 5.56 Å². The van der Waals surface area contributed by atoms with Gasteiger partial charge in [-0.15, -0.1) is 0 Å². The molecule has 0 spiro atoms. The van der Waals surface area contributed by atoms with E-state index < -0.39 is 0 Å². The summed E-state index contributed by atoms with van der Waals surface area (Å²) >= 11 is 0. The molecule has 0 saturated heterocycles. The van der Waals surface area contributed by atoms with Crippen molar-refractivity contribution in [2.75, 3.05) is 7.05 Å². The van der Waals surface area contributed by atoms with Crippen LogP contribution in [-0.2, 0) is 6.42 Å². The van der Waals surface area contributed by atoms with Gasteiger partial charge in [0.15, 0.2) is 0 Å². The van der Waals surface area contributed by atoms with Crippen LogP contribution in [0.25, 0.3) is 5.69 Å². The number of benzene rings is 1. The fraction of sp³-hybridized carbons (Fsp3) is 0.357. The first-order chi connectivity index (χ1) is 8.29. The lowest BCUT2D eigenvalue weighted by Gasteiger charge is -2.07. The Kier molecular flexibility index (Phi) is 3.94. The number of hydrogen-bond acceptors (Lipinski definition) is 2. The van der Waals surface area contributed by atoms with Crippen molar-refractivity contribution >= 4 is 0 Å². The molecule has 3 heteroatoms. The first kappa shape index (κ1) is 11.9. The van der Waals surface area contributed by atoms with Gasteiger partial charge in [-0.1, -0.05) is 18.2 Å². The van der Waals surface area contributed by atoms with Gasteiger partial charge in [0.1, 0.15) is 0 Å². The molecule has 0 fully saturated rings. The Labute approximate surface area is 102 Å². The van der Waals surface area contributed by atoms with E-state index in [9.17, 15) is 0 Å². The van der Waals surface area contributed by atoms with E-state index in [2.05, 4.69) is 35.7 Å². The van der Waals surface area contributed by atoms with Crippen molar-refractivity contribution in [1.29, 1.82) is 0 Å². The number of aryl methyl sites for hydroxylation is 1. The summed E-state index contributed by atoms with van der Waals surface area (Å²) in [6, 6.07) is 10.7. The van der Waals surface area contributed by atoms with Crippen molar-refractivity contribution in [2.45, 2.75) is 25.8 Å². The van der Waals surface area contributed by atoms with Crippen LogP contribution in [0.4, 0.5) is 0 Å². The number of aromatic nitrogens is 2. The van der Waals surface area contributed by atoms with Gasteiger partial charge in [-0.05, 0) is 44.5 Å². The monoisotopic (exact) mass is 229 g/mol. The van der Waals surface area contributed by atoms with E-state index in [1.54, 1.807) is 0 Å². The minimum atomic E-state index is 0.551. The van der Waals surface area contributed by atoms with Gasteiger partial charge in [0, 0.05) is 12.2 Å². The van der Waals surface area contributed by atoms with Crippen molar-refractivity contribution in [2.24, 2.45) is 0 Å². The highest BCUT2D eigenvalue weighted by molar-refractivity contribution is 5.30. The fourth-order valence-corrected chi connectivity index (χ4v) is 1.74. The molecular weight excluding hydrogens is 210 g/mol. The number of nitrogens with one attached hydrogen (secondary N) is 1. The second kappa shape index (κ2) is 5.64. The standard InChI is InChI=1S/C14H19N3/c1-12(15-2)8-9-13-10-16-17(11-13)14-6-4-3-5-7-14/h3-7,10-12,15H,8-9H2,1-2H3. The summed E-state index contributed by atoms with van der Waals surface area (Å²) in [6.07, 6.45) is 6.26. The highest BCUT2D eigenvalue weighted by atomic mass is 15.3. The number of hydrogen-bond donors (Lipinski definition) is 1. The summed E-state index contributed by atoms with van der Waals surface area (Å²) < 4.78 is 1.93. The molecule has 0 aliphatic carbocycles. The van der Waals surface area contributed by atoms with Crippen molar-refractivity contribution in [1.82, 2.24) is 15.1 Å². The molecule has 17 heavy (non-hydrogen) atoms. The predicted molar refractivity (Wildman–Crippen MR) is 70.4 cm³/mol. The van der Waals surface area contributed by atoms with Crippen LogP contribution < -0.4 is 5.32 Å². The average molecular weight is 229 g/mol. The molecule has 1 N–H and O–H groups in total. The Morgan fingerprint density at radius 2 is 2.06 bits per heavy atom. The summed E-state index contributed by atoms with van der Waals surface area (Å²) in [5.74, 6) is 0. The third kappa shape index (κ3) is 3.17. The molecule has 1 unspecified atom stereocenters. The van der Waals surface area contributed by atoms with E-state index >= 15 is 0 Å². The van der Waals surface area contributed by atoms with Gasteiger partial charge >= 0.3 is 0 Å². The highest BCUT2D eigenvalue weighted by Gasteiger charge is 2.03. The molecule has 1 heterocycles. The van der Waals surface area contributed by atoms with Gasteiger partial charge < -0.3 is 5.32 Å². The molecule has 0 aliphatic heterocycles. The van der Waals surface area contributed by atoms with Crippen LogP contribution in [0.5, 0.6) is 0 Å². The zero-order chi connectivity index (χ0) is 12.1. The van der Waals surface area contributed by atoms with Crippen LogP contribution in [0.3, 0.4) is 0 Å². The maximum absolute atomic E-state index is 4.39. The van der Waals surface area contributed by atoms with Crippen molar-refractivity contribution < 1.29 is 0 Å². The molecule has 3 nitrogen and oxygen atoms in total. The van der Waals surface area contributed by atoms with E-state index in [1.807, 2.05) is 36.1 Å². The first-order valence-electron chi connectivity index (χ1n) is 6.06. The summed E-state index contributed by atoms with van der Waals surface area (Å²) in [5, 5.41) is 7.63. The molecular formula is C14H19N3. The van der Waals surface area contributed by atoms with E-state index in [0.29, 0.717) is 6.04 Å². The predicted octanol–water partition coefficient (Wildman–Crippen LogP) is 2.41. The van der Waals surface area contributed by atoms with Crippen molar-refractivity contribution in [3.05, 3.63) is 48.3 Å². The van der Waals surface area contributed by atoms with Crippen LogP contribution in [-0.4, -0.2) is 22.9 Å². The fourth-order valence-electron chi connectivity index (χ4n) is 1.74. The lowest BCUT2D eigenvalue weighted by Crippen LogP contribution is -2.21. The molecule has 0 bridgehead atoms. The summed E-state index contributed by atoms with van der Waals surface area (Å²) in [4.78, 5) is 0. The topological polar surface area (TPSA) is 29.9 Å². The van der Waals surface area contributed by atoms with Crippen LogP contribution in [0.1, 0.15) is 18.9 Å². The van der Waals surface area contributed by atoms with Crippen LogP contribution in [0, 0.1) is 0 Å². The van der Waals surface area contributed by atoms with Gasteiger partial charge in [-0.3, -0.25) is 0 Å². The zero-order valence-corrected chi connectivity index (χ0v) is 10.4. The molecule has 1 atom stereocenters. The molecule has 0 amide bonds. The van der Waals surface area contributed by atoms with Gasteiger partial charge in [-0.25, -0.2) is 4.68 Å². The molecule has 2 aromatic rings. The molecule has 0 radical (unpaired) electrons. The third-order valence-corrected chi connectivity index (χ3v) is 3.02. The van der Waals surface area contributed by atoms with Crippen LogP contribution in [0.2, 0.25) is 0 Å². The van der Waals surface area contributed by atoms with Crippen LogP contribution in [0.15, 0.2) is 42.7 Å². The van der Waals surface area contributed by atoms with Gasteiger partial charge in [0.2, 0.25) is 0 Å². The Bertz CT molecular complexity index is 448. The first-order valence-corrected chi connectivity index (χ1v) is 6.06. The van der Waals surface area contributed by atoms with Crippen LogP contribution >= 0.6 is 0 Å². The molecule has 1 aromatic heterocycles. The maximum Gasteiger partial charge on any atom is 0.0645 e. The summed E-state index contributed by atoms with van der Waals surface area (Å²) in [6.45, 7) is 2.20. The number of nitrogens with zero attached hydrogens (tertiary/aromatic N) is 2. The third-order valence-electron chi connectivity index (χ3n) is 3.02. The highest BCUT2D eigenvalue weighted by Crippen LogP contribution is 2.09. The molecule has 90 valence electrons. The van der Waals surface area contributed by atoms with Crippen molar-refractivity contribution in [3.8, 4) is 5.69 Å². The average Bonchev–Trinajstić information content (AvgIpc) is 2.86. The Balaban J connectivity index is 2.01. The Morgan fingerprint density at radius 1 is 1.29 bits per heavy atom. The minimum absolute atomic E-state index is 0.551. The lowest BCUT2D eigenvalue weighted by molar-refractivity contribution is 0.565. The lowest BCUT2D eigenvalue weighted by atomic mass is 10.1. The van der Waals surface area contributed by atoms with Crippen molar-refractivity contribution in [3.63, 3.8) is 0 Å². The second-order valence-corrected chi connectivity index (χ2v) is 4.36. The zero-order valence-electron chi connectivity index (χ0n) is 10.4. The smallest absolute Gasteiger partial charge is 0.0645 e. The maximum atomic E-state index is 4.39. The quantitative estimate of drug-likeness (QED) is 0.853. The van der Waals surface area contributed by atoms with E-state index in [4.69, 9.17) is 0 Å². The van der Waals surface area contributed by atoms with Gasteiger partial charge in [0.05, 0.1) is 11.9 Å². The summed E-state index contributed by atoms with van der Waals surface area (Å²) in [5.41, 5.74) is 2.40. The molecule has 0 aliphatic rings. The van der Waals surface area contributed by atoms with E-state index in [0.717, 1.165) is 18.5 Å². The number of para-hydroxylation sites is 1. The second-order valence-electron chi connectivity index (χ2n) is 4.36. The van der Waals surface area contributed by atoms with E-state index in [-0.39, 0.29) is 0 Å². The Morgan fingerprint density at radius 3 is 2.76 bits per heavy atom. The largest absolute Gasteiger partial charge is 0.317 e. The van der Waals surface area contributed by atoms with Gasteiger partial charge in [0.25, 0.3) is 0 Å². The Hall–Kier alpha value is -1.61. The molecule has 1 aromatic carbocycles. The molecule has 2 rings (SSSR count). The summed E-state index contributed by atoms with van der Waals surface area (Å²) in [7, 11) is 2.00. The number of rotatable bonds is 5. The van der Waals surface area contributed by atoms with Gasteiger partial charge in [-0.2, -0.15) is 5.10 Å². The molecule has 0 saturated carbocycles. The normalized spacial score (nSPS) is 12.6.